The quantitative estimate of drug-likeness (QED) is 0.290. The minimum absolute atomic E-state index is 0.0210. The molecule has 0 aromatic heterocycles. The summed E-state index contributed by atoms with van der Waals surface area (Å²) in [6.07, 6.45) is 7.69. The summed E-state index contributed by atoms with van der Waals surface area (Å²) in [5.74, 6) is -0.856. The van der Waals surface area contributed by atoms with Crippen LogP contribution in [0, 0.1) is 0 Å². The van der Waals surface area contributed by atoms with Gasteiger partial charge in [0.15, 0.2) is 0 Å². The largest absolute Gasteiger partial charge is 0.481 e. The van der Waals surface area contributed by atoms with Crippen LogP contribution in [0.3, 0.4) is 0 Å². The van der Waals surface area contributed by atoms with Gasteiger partial charge < -0.3 is 28.8 Å². The first-order valence-corrected chi connectivity index (χ1v) is 9.88. The second-order valence-corrected chi connectivity index (χ2v) is 5.97. The Labute approximate surface area is 158 Å². The summed E-state index contributed by atoms with van der Waals surface area (Å²) in [7, 11) is 0. The zero-order valence-electron chi connectivity index (χ0n) is 16.4. The number of carboxylic acids is 1. The fourth-order valence-corrected chi connectivity index (χ4v) is 2.13. The Balaban J connectivity index is 2.98. The van der Waals surface area contributed by atoms with Crippen LogP contribution in [0.25, 0.3) is 0 Å². The highest BCUT2D eigenvalue weighted by Gasteiger charge is 1.96. The zero-order valence-corrected chi connectivity index (χ0v) is 16.4. The van der Waals surface area contributed by atoms with Gasteiger partial charge in [0.25, 0.3) is 0 Å². The average Bonchev–Trinajstić information content (AvgIpc) is 2.62. The fourth-order valence-electron chi connectivity index (χ4n) is 2.13. The summed E-state index contributed by atoms with van der Waals surface area (Å²) < 4.78 is 26.7. The molecule has 0 aliphatic rings. The van der Waals surface area contributed by atoms with Crippen molar-refractivity contribution in [2.24, 2.45) is 0 Å². The Bertz CT molecular complexity index is 287. The van der Waals surface area contributed by atoms with Crippen LogP contribution in [0.2, 0.25) is 0 Å². The van der Waals surface area contributed by atoms with Crippen molar-refractivity contribution in [3.05, 3.63) is 0 Å². The highest BCUT2D eigenvalue weighted by molar-refractivity contribution is 5.66. The molecule has 0 aliphatic heterocycles. The van der Waals surface area contributed by atoms with Crippen molar-refractivity contribution < 1.29 is 33.6 Å². The molecule has 0 amide bonds. The second-order valence-electron chi connectivity index (χ2n) is 5.97. The van der Waals surface area contributed by atoms with Gasteiger partial charge in [-0.25, -0.2) is 0 Å². The number of aliphatic carboxylic acids is 1. The molecule has 0 radical (unpaired) electrons. The van der Waals surface area contributed by atoms with Crippen molar-refractivity contribution in [2.75, 3.05) is 66.1 Å². The van der Waals surface area contributed by atoms with E-state index in [2.05, 4.69) is 6.92 Å². The van der Waals surface area contributed by atoms with E-state index in [9.17, 15) is 4.79 Å². The molecule has 0 unspecified atom stereocenters. The predicted molar refractivity (Wildman–Crippen MR) is 99.7 cm³/mol. The Kier molecular flexibility index (Phi) is 21.7. The molecule has 0 fully saturated rings. The van der Waals surface area contributed by atoms with Gasteiger partial charge in [-0.1, -0.05) is 39.0 Å². The molecule has 0 aromatic rings. The number of carbonyl (C=O) groups is 1. The molecule has 0 aromatic carbocycles. The highest BCUT2D eigenvalue weighted by atomic mass is 16.6. The Morgan fingerprint density at radius 2 is 0.962 bits per heavy atom. The summed E-state index contributed by atoms with van der Waals surface area (Å²) in [5, 5.41) is 8.43. The minimum atomic E-state index is -0.856. The van der Waals surface area contributed by atoms with E-state index in [1.807, 2.05) is 0 Å². The van der Waals surface area contributed by atoms with Crippen LogP contribution in [0.1, 0.15) is 51.9 Å². The fraction of sp³-hybridized carbons (Fsp3) is 0.947. The molecule has 7 nitrogen and oxygen atoms in total. The Morgan fingerprint density at radius 1 is 0.577 bits per heavy atom. The van der Waals surface area contributed by atoms with Crippen molar-refractivity contribution in [2.45, 2.75) is 51.9 Å². The van der Waals surface area contributed by atoms with Crippen molar-refractivity contribution in [3.8, 4) is 0 Å². The molecule has 0 bridgehead atoms. The molecule has 0 saturated carbocycles. The van der Waals surface area contributed by atoms with Gasteiger partial charge in [0.1, 0.15) is 0 Å². The molecule has 7 heteroatoms. The molecule has 0 rings (SSSR count). The predicted octanol–water partition coefficient (Wildman–Crippen LogP) is 2.90. The number of ether oxygens (including phenoxy) is 5. The minimum Gasteiger partial charge on any atom is -0.481 e. The van der Waals surface area contributed by atoms with Crippen LogP contribution in [0.15, 0.2) is 0 Å². The maximum Gasteiger partial charge on any atom is 0.305 e. The van der Waals surface area contributed by atoms with E-state index in [1.54, 1.807) is 0 Å². The Hall–Kier alpha value is -0.730. The summed E-state index contributed by atoms with van der Waals surface area (Å²) in [4.78, 5) is 10.3. The lowest BCUT2D eigenvalue weighted by Crippen LogP contribution is -2.13. The monoisotopic (exact) mass is 378 g/mol. The third-order valence-electron chi connectivity index (χ3n) is 3.59. The molecule has 0 spiro atoms. The summed E-state index contributed by atoms with van der Waals surface area (Å²) in [6.45, 7) is 7.44. The van der Waals surface area contributed by atoms with Gasteiger partial charge in [-0.2, -0.15) is 0 Å². The van der Waals surface area contributed by atoms with E-state index in [4.69, 9.17) is 28.8 Å². The molecule has 156 valence electrons. The third-order valence-corrected chi connectivity index (χ3v) is 3.59. The topological polar surface area (TPSA) is 83.5 Å². The summed E-state index contributed by atoms with van der Waals surface area (Å²) in [5.41, 5.74) is 0. The number of carboxylic acid groups (broad SMARTS) is 1. The van der Waals surface area contributed by atoms with Gasteiger partial charge in [0, 0.05) is 6.61 Å². The smallest absolute Gasteiger partial charge is 0.305 e. The van der Waals surface area contributed by atoms with Crippen LogP contribution in [-0.4, -0.2) is 77.1 Å². The Morgan fingerprint density at radius 3 is 1.42 bits per heavy atom. The lowest BCUT2D eigenvalue weighted by Gasteiger charge is -2.08. The molecule has 26 heavy (non-hydrogen) atoms. The van der Waals surface area contributed by atoms with Crippen molar-refractivity contribution in [3.63, 3.8) is 0 Å². The van der Waals surface area contributed by atoms with Gasteiger partial charge in [0.05, 0.1) is 65.9 Å². The van der Waals surface area contributed by atoms with Gasteiger partial charge >= 0.3 is 5.97 Å². The van der Waals surface area contributed by atoms with Gasteiger partial charge in [0.2, 0.25) is 0 Å². The van der Waals surface area contributed by atoms with Crippen molar-refractivity contribution >= 4 is 5.97 Å². The molecule has 1 N–H and O–H groups in total. The first-order chi connectivity index (χ1) is 12.8. The van der Waals surface area contributed by atoms with Crippen molar-refractivity contribution in [1.82, 2.24) is 0 Å². The maximum absolute atomic E-state index is 10.3. The van der Waals surface area contributed by atoms with E-state index in [-0.39, 0.29) is 13.0 Å². The first-order valence-electron chi connectivity index (χ1n) is 9.88. The third kappa shape index (κ3) is 23.3. The molecular weight excluding hydrogens is 340 g/mol. The first kappa shape index (κ1) is 25.3. The van der Waals surface area contributed by atoms with Crippen LogP contribution >= 0.6 is 0 Å². The highest BCUT2D eigenvalue weighted by Crippen LogP contribution is 2.04. The van der Waals surface area contributed by atoms with E-state index in [0.29, 0.717) is 52.9 Å². The number of hydrogen-bond donors (Lipinski definition) is 1. The number of hydrogen-bond acceptors (Lipinski definition) is 6. The zero-order chi connectivity index (χ0) is 19.1. The second kappa shape index (κ2) is 22.3. The van der Waals surface area contributed by atoms with E-state index >= 15 is 0 Å². The molecule has 0 saturated heterocycles. The standard InChI is InChI=1S/C19H38O7/c1-2-3-4-5-6-7-9-22-11-13-24-15-17-26-18-16-25-14-12-23-10-8-19(20)21/h2-18H2,1H3,(H,20,21). The van der Waals surface area contributed by atoms with Crippen LogP contribution < -0.4 is 0 Å². The lowest BCUT2D eigenvalue weighted by atomic mass is 10.1. The average molecular weight is 379 g/mol. The SMILES string of the molecule is CCCCCCCCOCCOCCOCCOCCOCCC(=O)O. The molecule has 0 heterocycles. The molecule has 0 atom stereocenters. The van der Waals surface area contributed by atoms with E-state index in [0.717, 1.165) is 13.0 Å². The maximum atomic E-state index is 10.3. The molecular formula is C19H38O7. The van der Waals surface area contributed by atoms with Crippen LogP contribution in [0.4, 0.5) is 0 Å². The number of rotatable bonds is 22. The van der Waals surface area contributed by atoms with Gasteiger partial charge in [-0.05, 0) is 6.42 Å². The van der Waals surface area contributed by atoms with Crippen molar-refractivity contribution in [1.29, 1.82) is 0 Å². The summed E-state index contributed by atoms with van der Waals surface area (Å²) >= 11 is 0. The number of unbranched alkanes of at least 4 members (excludes halogenated alkanes) is 5. The van der Waals surface area contributed by atoms with Gasteiger partial charge in [-0.15, -0.1) is 0 Å². The van der Waals surface area contributed by atoms with Gasteiger partial charge in [-0.3, -0.25) is 4.79 Å². The molecule has 0 aliphatic carbocycles. The van der Waals surface area contributed by atoms with Crippen LogP contribution in [0.5, 0.6) is 0 Å². The lowest BCUT2D eigenvalue weighted by molar-refractivity contribution is -0.138. The summed E-state index contributed by atoms with van der Waals surface area (Å²) in [6, 6.07) is 0. The van der Waals surface area contributed by atoms with E-state index < -0.39 is 5.97 Å². The van der Waals surface area contributed by atoms with Crippen LogP contribution in [-0.2, 0) is 28.5 Å². The van der Waals surface area contributed by atoms with E-state index in [1.165, 1.54) is 32.1 Å². The normalized spacial score (nSPS) is 11.1.